The highest BCUT2D eigenvalue weighted by Gasteiger charge is 2.31. The molecule has 4 nitrogen and oxygen atoms in total. The molecule has 0 aliphatic heterocycles. The molecule has 1 fully saturated rings. The third-order valence-corrected chi connectivity index (χ3v) is 4.68. The van der Waals surface area contributed by atoms with E-state index in [2.05, 4.69) is 11.9 Å². The van der Waals surface area contributed by atoms with Gasteiger partial charge in [0.2, 0.25) is 0 Å². The minimum Gasteiger partial charge on any atom is -0.305 e. The Morgan fingerprint density at radius 1 is 1.50 bits per heavy atom. The van der Waals surface area contributed by atoms with E-state index in [1.165, 1.54) is 6.92 Å². The Morgan fingerprint density at radius 2 is 2.15 bits per heavy atom. The molecule has 0 saturated heterocycles. The molecule has 0 radical (unpaired) electrons. The summed E-state index contributed by atoms with van der Waals surface area (Å²) in [6.45, 7) is 8.86. The van der Waals surface area contributed by atoms with Crippen LogP contribution in [0.2, 0.25) is 0 Å². The highest BCUT2D eigenvalue weighted by Crippen LogP contribution is 2.31. The van der Waals surface area contributed by atoms with E-state index in [9.17, 15) is 13.2 Å². The first-order valence-electron chi connectivity index (χ1n) is 6.78. The SMILES string of the molecule is C=C/C=C1/C[C@@H](NC(C)C(C)=O)CC([SH](=O)=O)/C1=C/C. The molecular formula is C15H23NO3S. The van der Waals surface area contributed by atoms with Crippen molar-refractivity contribution >= 4 is 16.5 Å². The van der Waals surface area contributed by atoms with Gasteiger partial charge in [0, 0.05) is 6.04 Å². The summed E-state index contributed by atoms with van der Waals surface area (Å²) in [7, 11) is -2.54. The van der Waals surface area contributed by atoms with Gasteiger partial charge in [-0.2, -0.15) is 0 Å². The Morgan fingerprint density at radius 3 is 2.60 bits per heavy atom. The first kappa shape index (κ1) is 16.9. The van der Waals surface area contributed by atoms with E-state index in [-0.39, 0.29) is 17.9 Å². The Bertz CT molecular complexity index is 509. The Kier molecular flexibility index (Phi) is 6.36. The van der Waals surface area contributed by atoms with Crippen molar-refractivity contribution in [1.29, 1.82) is 0 Å². The number of allylic oxidation sites excluding steroid dienone is 3. The second-order valence-electron chi connectivity index (χ2n) is 5.11. The van der Waals surface area contributed by atoms with Gasteiger partial charge in [0.05, 0.1) is 11.3 Å². The van der Waals surface area contributed by atoms with Crippen LogP contribution in [0.5, 0.6) is 0 Å². The van der Waals surface area contributed by atoms with Gasteiger partial charge in [0.25, 0.3) is 0 Å². The van der Waals surface area contributed by atoms with Crippen molar-refractivity contribution in [3.63, 3.8) is 0 Å². The van der Waals surface area contributed by atoms with Crippen LogP contribution in [-0.2, 0) is 15.5 Å². The second kappa shape index (κ2) is 7.55. The lowest BCUT2D eigenvalue weighted by Crippen LogP contribution is -2.45. The average Bonchev–Trinajstić information content (AvgIpc) is 2.38. The first-order valence-corrected chi connectivity index (χ1v) is 8.03. The van der Waals surface area contributed by atoms with Crippen LogP contribution in [0.3, 0.4) is 0 Å². The zero-order valence-corrected chi connectivity index (χ0v) is 13.2. The molecule has 1 rings (SSSR count). The highest BCUT2D eigenvalue weighted by molar-refractivity contribution is 7.73. The maximum atomic E-state index is 11.5. The molecule has 20 heavy (non-hydrogen) atoms. The van der Waals surface area contributed by atoms with Crippen LogP contribution in [0.15, 0.2) is 36.0 Å². The predicted molar refractivity (Wildman–Crippen MR) is 82.4 cm³/mol. The molecule has 2 unspecified atom stereocenters. The van der Waals surface area contributed by atoms with Crippen molar-refractivity contribution in [2.24, 2.45) is 0 Å². The molecule has 0 aromatic carbocycles. The minimum atomic E-state index is -2.54. The van der Waals surface area contributed by atoms with Crippen molar-refractivity contribution in [2.75, 3.05) is 0 Å². The molecule has 0 aromatic rings. The molecule has 1 saturated carbocycles. The van der Waals surface area contributed by atoms with Gasteiger partial charge in [0.1, 0.15) is 16.5 Å². The standard InChI is InChI=1S/C15H23NO3S/c1-5-7-12-8-13(16-10(3)11(4)17)9-15(20(18)19)14(12)6-2/h5-7,10,13,15-16,20H,1,8-9H2,2-4H3/b12-7-,14-6+/t10?,13-,15?/m1/s1. The number of nitrogens with one attached hydrogen (secondary N) is 1. The van der Waals surface area contributed by atoms with Gasteiger partial charge in [-0.1, -0.05) is 24.8 Å². The smallest absolute Gasteiger partial charge is 0.147 e. The van der Waals surface area contributed by atoms with Crippen LogP contribution in [0.1, 0.15) is 33.6 Å². The van der Waals surface area contributed by atoms with E-state index in [1.807, 2.05) is 19.1 Å². The number of Topliss-reactive ketones (excluding diaryl/α,β-unsaturated/α-hetero) is 1. The fraction of sp³-hybridized carbons (Fsp3) is 0.533. The van der Waals surface area contributed by atoms with Crippen LogP contribution in [-0.4, -0.2) is 31.5 Å². The Labute approximate surface area is 122 Å². The van der Waals surface area contributed by atoms with E-state index in [4.69, 9.17) is 0 Å². The summed E-state index contributed by atoms with van der Waals surface area (Å²) in [5.41, 5.74) is 1.83. The van der Waals surface area contributed by atoms with Gasteiger partial charge in [-0.3, -0.25) is 4.79 Å². The number of rotatable bonds is 5. The highest BCUT2D eigenvalue weighted by atomic mass is 32.2. The Balaban J connectivity index is 3.01. The molecule has 0 aromatic heterocycles. The zero-order valence-electron chi connectivity index (χ0n) is 12.3. The van der Waals surface area contributed by atoms with Crippen LogP contribution < -0.4 is 5.32 Å². The third-order valence-electron chi connectivity index (χ3n) is 3.68. The molecule has 112 valence electrons. The van der Waals surface area contributed by atoms with Crippen molar-refractivity contribution in [3.05, 3.63) is 36.0 Å². The van der Waals surface area contributed by atoms with Crippen LogP contribution >= 0.6 is 0 Å². The van der Waals surface area contributed by atoms with E-state index < -0.39 is 16.0 Å². The summed E-state index contributed by atoms with van der Waals surface area (Å²) in [5, 5.41) is 2.72. The monoisotopic (exact) mass is 297 g/mol. The van der Waals surface area contributed by atoms with E-state index in [0.29, 0.717) is 12.8 Å². The minimum absolute atomic E-state index is 0.0123. The molecule has 0 heterocycles. The summed E-state index contributed by atoms with van der Waals surface area (Å²) in [6.07, 6.45) is 6.60. The largest absolute Gasteiger partial charge is 0.305 e. The Hall–Kier alpha value is -1.20. The molecule has 5 heteroatoms. The first-order chi connectivity index (χ1) is 9.40. The number of hydrogen-bond donors (Lipinski definition) is 2. The molecular weight excluding hydrogens is 274 g/mol. The van der Waals surface area contributed by atoms with E-state index in [1.54, 1.807) is 13.0 Å². The maximum Gasteiger partial charge on any atom is 0.147 e. The lowest BCUT2D eigenvalue weighted by molar-refractivity contribution is -0.118. The normalized spacial score (nSPS) is 28.8. The molecule has 1 N–H and O–H groups in total. The maximum absolute atomic E-state index is 11.5. The van der Waals surface area contributed by atoms with Gasteiger partial charge >= 0.3 is 0 Å². The van der Waals surface area contributed by atoms with Gasteiger partial charge in [-0.25, -0.2) is 8.42 Å². The molecule has 0 spiro atoms. The molecule has 0 amide bonds. The average molecular weight is 297 g/mol. The quantitative estimate of drug-likeness (QED) is 0.759. The van der Waals surface area contributed by atoms with Gasteiger partial charge in [-0.15, -0.1) is 0 Å². The molecule has 3 atom stereocenters. The van der Waals surface area contributed by atoms with Crippen LogP contribution in [0, 0.1) is 0 Å². The van der Waals surface area contributed by atoms with Crippen LogP contribution in [0.4, 0.5) is 0 Å². The predicted octanol–water partition coefficient (Wildman–Crippen LogP) is 1.75. The summed E-state index contributed by atoms with van der Waals surface area (Å²) < 4.78 is 23.0. The lowest BCUT2D eigenvalue weighted by atomic mass is 9.84. The summed E-state index contributed by atoms with van der Waals surface area (Å²) in [4.78, 5) is 11.3. The topological polar surface area (TPSA) is 63.2 Å². The summed E-state index contributed by atoms with van der Waals surface area (Å²) >= 11 is 0. The van der Waals surface area contributed by atoms with Gasteiger partial charge < -0.3 is 5.32 Å². The summed E-state index contributed by atoms with van der Waals surface area (Å²) in [6, 6.07) is -0.274. The number of hydrogen-bond acceptors (Lipinski definition) is 4. The number of ketones is 1. The number of carbonyl (C=O) groups excluding carboxylic acids is 1. The van der Waals surface area contributed by atoms with Crippen molar-refractivity contribution in [3.8, 4) is 0 Å². The number of carbonyl (C=O) groups is 1. The van der Waals surface area contributed by atoms with Crippen molar-refractivity contribution < 1.29 is 13.2 Å². The van der Waals surface area contributed by atoms with Crippen LogP contribution in [0.25, 0.3) is 0 Å². The van der Waals surface area contributed by atoms with Crippen molar-refractivity contribution in [1.82, 2.24) is 5.32 Å². The fourth-order valence-electron chi connectivity index (χ4n) is 2.56. The second-order valence-corrected chi connectivity index (χ2v) is 6.30. The van der Waals surface area contributed by atoms with Gasteiger partial charge in [-0.05, 0) is 44.8 Å². The van der Waals surface area contributed by atoms with E-state index >= 15 is 0 Å². The third kappa shape index (κ3) is 4.15. The molecule has 1 aliphatic rings. The number of thiol groups is 1. The van der Waals surface area contributed by atoms with Crippen molar-refractivity contribution in [2.45, 2.75) is 50.9 Å². The van der Waals surface area contributed by atoms with Gasteiger partial charge in [0.15, 0.2) is 0 Å². The zero-order chi connectivity index (χ0) is 15.3. The molecule has 1 aliphatic carbocycles. The fourth-order valence-corrected chi connectivity index (χ4v) is 3.53. The summed E-state index contributed by atoms with van der Waals surface area (Å²) in [5.74, 6) is 0.0548. The van der Waals surface area contributed by atoms with E-state index in [0.717, 1.165) is 11.1 Å². The molecule has 0 bridgehead atoms. The lowest BCUT2D eigenvalue weighted by Gasteiger charge is -2.32.